The average Bonchev–Trinajstić information content (AvgIpc) is 3.45. The first-order chi connectivity index (χ1) is 16.5. The van der Waals surface area contributed by atoms with E-state index in [2.05, 4.69) is 20.4 Å². The molecule has 0 saturated heterocycles. The highest BCUT2D eigenvalue weighted by molar-refractivity contribution is 7.98. The van der Waals surface area contributed by atoms with Gasteiger partial charge in [-0.15, -0.1) is 20.4 Å². The zero-order chi connectivity index (χ0) is 23.7. The normalized spacial score (nSPS) is 11.1. The molecule has 0 radical (unpaired) electrons. The molecule has 0 unspecified atom stereocenters. The van der Waals surface area contributed by atoms with Gasteiger partial charge in [-0.25, -0.2) is 0 Å². The van der Waals surface area contributed by atoms with Gasteiger partial charge >= 0.3 is 0 Å². The molecule has 5 rings (SSSR count). The number of halogens is 1. The number of para-hydroxylation sites is 1. The number of phenolic OH excluding ortho intramolecular Hbond substituents is 2. The fourth-order valence-electron chi connectivity index (χ4n) is 3.38. The zero-order valence-electron chi connectivity index (χ0n) is 17.9. The van der Waals surface area contributed by atoms with Crippen molar-refractivity contribution in [1.29, 1.82) is 0 Å². The minimum Gasteiger partial charge on any atom is -0.508 e. The number of phenols is 2. The maximum Gasteiger partial charge on any atom is 0.247 e. The van der Waals surface area contributed by atoms with Crippen molar-refractivity contribution in [2.75, 3.05) is 0 Å². The quantitative estimate of drug-likeness (QED) is 0.293. The maximum atomic E-state index is 9.97. The van der Waals surface area contributed by atoms with Crippen LogP contribution in [0.2, 0.25) is 5.02 Å². The van der Waals surface area contributed by atoms with Gasteiger partial charge in [-0.2, -0.15) is 0 Å². The average molecular weight is 492 g/mol. The summed E-state index contributed by atoms with van der Waals surface area (Å²) in [4.78, 5) is 0. The van der Waals surface area contributed by atoms with Crippen LogP contribution in [0, 0.1) is 6.92 Å². The van der Waals surface area contributed by atoms with E-state index in [1.807, 2.05) is 49.4 Å². The Balaban J connectivity index is 1.48. The molecule has 3 aromatic carbocycles. The van der Waals surface area contributed by atoms with E-state index in [0.717, 1.165) is 11.1 Å². The molecular weight excluding hydrogens is 474 g/mol. The molecule has 0 atom stereocenters. The van der Waals surface area contributed by atoms with Crippen molar-refractivity contribution in [3.05, 3.63) is 83.2 Å². The van der Waals surface area contributed by atoms with Crippen LogP contribution in [0.25, 0.3) is 28.5 Å². The van der Waals surface area contributed by atoms with Crippen LogP contribution >= 0.6 is 23.4 Å². The summed E-state index contributed by atoms with van der Waals surface area (Å²) in [6, 6.07) is 19.4. The van der Waals surface area contributed by atoms with Gasteiger partial charge in [0.15, 0.2) is 11.0 Å². The summed E-state index contributed by atoms with van der Waals surface area (Å²) in [6.07, 6.45) is 0. The summed E-state index contributed by atoms with van der Waals surface area (Å²) in [5.74, 6) is 1.46. The maximum absolute atomic E-state index is 9.97. The molecular formula is C24H18ClN5O3S. The number of hydrogen-bond acceptors (Lipinski definition) is 8. The van der Waals surface area contributed by atoms with Crippen molar-refractivity contribution in [1.82, 2.24) is 25.0 Å². The topological polar surface area (TPSA) is 110 Å². The highest BCUT2D eigenvalue weighted by Gasteiger charge is 2.20. The van der Waals surface area contributed by atoms with Crippen LogP contribution in [-0.2, 0) is 5.75 Å². The van der Waals surface area contributed by atoms with Gasteiger partial charge in [-0.1, -0.05) is 53.2 Å². The minimum absolute atomic E-state index is 0.0904. The Morgan fingerprint density at radius 2 is 1.62 bits per heavy atom. The van der Waals surface area contributed by atoms with Crippen LogP contribution < -0.4 is 0 Å². The molecule has 2 heterocycles. The fraction of sp³-hybridized carbons (Fsp3) is 0.0833. The summed E-state index contributed by atoms with van der Waals surface area (Å²) < 4.78 is 7.59. The van der Waals surface area contributed by atoms with Crippen molar-refractivity contribution in [3.8, 4) is 40.0 Å². The molecule has 0 fully saturated rings. The number of hydrogen-bond donors (Lipinski definition) is 2. The van der Waals surface area contributed by atoms with Gasteiger partial charge < -0.3 is 14.6 Å². The van der Waals surface area contributed by atoms with Crippen molar-refractivity contribution in [2.24, 2.45) is 0 Å². The molecule has 2 N–H and O–H groups in total. The van der Waals surface area contributed by atoms with E-state index in [9.17, 15) is 10.2 Å². The highest BCUT2D eigenvalue weighted by atomic mass is 35.5. The SMILES string of the molecule is Cc1ccc(-c2nnc(CSc3nnc(-c4cc(O)cc(O)c4)n3-c3ccccc3Cl)o2)cc1. The van der Waals surface area contributed by atoms with Crippen molar-refractivity contribution >= 4 is 23.4 Å². The van der Waals surface area contributed by atoms with Crippen LogP contribution in [-0.4, -0.2) is 35.2 Å². The largest absolute Gasteiger partial charge is 0.508 e. The number of benzene rings is 3. The third kappa shape index (κ3) is 4.48. The molecule has 8 nitrogen and oxygen atoms in total. The Labute approximate surface area is 203 Å². The number of nitrogens with zero attached hydrogens (tertiary/aromatic N) is 5. The third-order valence-corrected chi connectivity index (χ3v) is 6.21. The molecule has 2 aromatic heterocycles. The summed E-state index contributed by atoms with van der Waals surface area (Å²) in [7, 11) is 0. The molecule has 170 valence electrons. The Hall–Kier alpha value is -3.82. The van der Waals surface area contributed by atoms with Gasteiger partial charge in [0, 0.05) is 17.2 Å². The molecule has 0 aliphatic carbocycles. The van der Waals surface area contributed by atoms with Gasteiger partial charge in [0.25, 0.3) is 0 Å². The second-order valence-electron chi connectivity index (χ2n) is 7.49. The third-order valence-electron chi connectivity index (χ3n) is 4.98. The van der Waals surface area contributed by atoms with Gasteiger partial charge in [0.2, 0.25) is 11.8 Å². The zero-order valence-corrected chi connectivity index (χ0v) is 19.5. The molecule has 0 amide bonds. The van der Waals surface area contributed by atoms with Gasteiger partial charge in [-0.05, 0) is 43.3 Å². The lowest BCUT2D eigenvalue weighted by atomic mass is 10.1. The summed E-state index contributed by atoms with van der Waals surface area (Å²) in [5, 5.41) is 37.9. The second-order valence-corrected chi connectivity index (χ2v) is 8.84. The lowest BCUT2D eigenvalue weighted by Crippen LogP contribution is -2.00. The Morgan fingerprint density at radius 3 is 2.35 bits per heavy atom. The van der Waals surface area contributed by atoms with Crippen LogP contribution in [0.3, 0.4) is 0 Å². The number of rotatable bonds is 6. The van der Waals surface area contributed by atoms with Gasteiger partial charge in [-0.3, -0.25) is 4.57 Å². The first-order valence-electron chi connectivity index (χ1n) is 10.2. The second kappa shape index (κ2) is 9.20. The summed E-state index contributed by atoms with van der Waals surface area (Å²) in [6.45, 7) is 2.02. The monoisotopic (exact) mass is 491 g/mol. The number of aromatic hydroxyl groups is 2. The molecule has 34 heavy (non-hydrogen) atoms. The van der Waals surface area contributed by atoms with Gasteiger partial charge in [0.1, 0.15) is 11.5 Å². The molecule has 0 bridgehead atoms. The van der Waals surface area contributed by atoms with Crippen molar-refractivity contribution in [3.63, 3.8) is 0 Å². The highest BCUT2D eigenvalue weighted by Crippen LogP contribution is 2.35. The van der Waals surface area contributed by atoms with Gasteiger partial charge in [0.05, 0.1) is 16.5 Å². The van der Waals surface area contributed by atoms with E-state index in [1.165, 1.54) is 30.0 Å². The first-order valence-corrected chi connectivity index (χ1v) is 11.6. The van der Waals surface area contributed by atoms with E-state index < -0.39 is 0 Å². The van der Waals surface area contributed by atoms with E-state index in [4.69, 9.17) is 16.0 Å². The standard InChI is InChI=1S/C24H18ClN5O3S/c1-14-6-8-15(9-7-14)23-28-26-21(33-23)13-34-24-29-27-22(16-10-17(31)12-18(32)11-16)30(24)20-5-3-2-4-19(20)25/h2-12,31-32H,13H2,1H3. The number of aromatic nitrogens is 5. The van der Waals surface area contributed by atoms with E-state index in [1.54, 1.807) is 10.6 Å². The number of thioether (sulfide) groups is 1. The predicted octanol–water partition coefficient (Wildman–Crippen LogP) is 5.65. The van der Waals surface area contributed by atoms with E-state index in [0.29, 0.717) is 44.8 Å². The van der Waals surface area contributed by atoms with E-state index >= 15 is 0 Å². The van der Waals surface area contributed by atoms with Crippen LogP contribution in [0.4, 0.5) is 0 Å². The van der Waals surface area contributed by atoms with E-state index in [-0.39, 0.29) is 11.5 Å². The summed E-state index contributed by atoms with van der Waals surface area (Å²) >= 11 is 7.83. The molecule has 0 aliphatic rings. The predicted molar refractivity (Wildman–Crippen MR) is 129 cm³/mol. The van der Waals surface area contributed by atoms with Crippen LogP contribution in [0.1, 0.15) is 11.5 Å². The smallest absolute Gasteiger partial charge is 0.247 e. The van der Waals surface area contributed by atoms with Crippen LogP contribution in [0.15, 0.2) is 76.3 Å². The van der Waals surface area contributed by atoms with Crippen molar-refractivity contribution in [2.45, 2.75) is 17.8 Å². The first kappa shape index (κ1) is 22.0. The van der Waals surface area contributed by atoms with Crippen LogP contribution in [0.5, 0.6) is 11.5 Å². The Bertz CT molecular complexity index is 1450. The minimum atomic E-state index is -0.0904. The Kier molecular flexibility index (Phi) is 5.95. The number of aryl methyl sites for hydroxylation is 1. The Morgan fingerprint density at radius 1 is 0.882 bits per heavy atom. The molecule has 10 heteroatoms. The van der Waals surface area contributed by atoms with Crippen molar-refractivity contribution < 1.29 is 14.6 Å². The lowest BCUT2D eigenvalue weighted by molar-refractivity contribution is 0.451. The molecule has 5 aromatic rings. The lowest BCUT2D eigenvalue weighted by Gasteiger charge is -2.12. The molecule has 0 spiro atoms. The molecule has 0 aliphatic heterocycles. The fourth-order valence-corrected chi connectivity index (χ4v) is 4.38. The summed E-state index contributed by atoms with van der Waals surface area (Å²) in [5.41, 5.74) is 3.13. The molecule has 0 saturated carbocycles.